The molecule has 0 radical (unpaired) electrons. The van der Waals surface area contributed by atoms with Crippen LogP contribution in [0.2, 0.25) is 0 Å². The van der Waals surface area contributed by atoms with Gasteiger partial charge in [-0.05, 0) is 42.7 Å². The monoisotopic (exact) mass is 259 g/mol. The number of rotatable bonds is 6. The van der Waals surface area contributed by atoms with E-state index in [4.69, 9.17) is 0 Å². The van der Waals surface area contributed by atoms with Crippen molar-refractivity contribution in [3.05, 3.63) is 35.4 Å². The average molecular weight is 259 g/mol. The third-order valence-corrected chi connectivity index (χ3v) is 3.57. The molecule has 0 aliphatic rings. The van der Waals surface area contributed by atoms with Crippen LogP contribution in [0.1, 0.15) is 25.5 Å². The summed E-state index contributed by atoms with van der Waals surface area (Å²) in [6.45, 7) is 4.75. The fourth-order valence-electron chi connectivity index (χ4n) is 1.95. The van der Waals surface area contributed by atoms with Crippen molar-refractivity contribution in [2.45, 2.75) is 19.9 Å². The van der Waals surface area contributed by atoms with Crippen molar-refractivity contribution >= 4 is 11.8 Å². The van der Waals surface area contributed by atoms with Crippen molar-refractivity contribution in [2.75, 3.05) is 18.6 Å². The van der Waals surface area contributed by atoms with Gasteiger partial charge < -0.3 is 5.32 Å². The predicted octanol–water partition coefficient (Wildman–Crippen LogP) is 3.61. The van der Waals surface area contributed by atoms with Crippen LogP contribution in [-0.2, 0) is 0 Å². The minimum absolute atomic E-state index is 0.136. The molecule has 2 unspecified atom stereocenters. The van der Waals surface area contributed by atoms with Crippen LogP contribution in [0.15, 0.2) is 18.2 Å². The van der Waals surface area contributed by atoms with E-state index in [1.165, 1.54) is 12.1 Å². The summed E-state index contributed by atoms with van der Waals surface area (Å²) in [6.07, 6.45) is 2.02. The predicted molar refractivity (Wildman–Crippen MR) is 70.3 cm³/mol. The number of thioether (sulfide) groups is 1. The minimum Gasteiger partial charge on any atom is -0.310 e. The van der Waals surface area contributed by atoms with Crippen molar-refractivity contribution in [3.8, 4) is 0 Å². The van der Waals surface area contributed by atoms with Crippen LogP contribution < -0.4 is 5.32 Å². The van der Waals surface area contributed by atoms with Crippen LogP contribution in [0.25, 0.3) is 0 Å². The first-order chi connectivity index (χ1) is 8.10. The Morgan fingerprint density at radius 1 is 1.35 bits per heavy atom. The van der Waals surface area contributed by atoms with E-state index in [1.54, 1.807) is 11.8 Å². The van der Waals surface area contributed by atoms with Gasteiger partial charge in [0, 0.05) is 11.6 Å². The molecule has 2 atom stereocenters. The Morgan fingerprint density at radius 2 is 2.06 bits per heavy atom. The van der Waals surface area contributed by atoms with Crippen LogP contribution in [0.5, 0.6) is 0 Å². The normalized spacial score (nSPS) is 14.6. The molecule has 0 saturated heterocycles. The largest absolute Gasteiger partial charge is 0.310 e. The number of benzene rings is 1. The summed E-state index contributed by atoms with van der Waals surface area (Å²) in [4.78, 5) is 0. The Kier molecular flexibility index (Phi) is 5.92. The second kappa shape index (κ2) is 6.97. The summed E-state index contributed by atoms with van der Waals surface area (Å²) in [7, 11) is 0. The standard InChI is InChI=1S/C13H19F2NS/c1-4-16-13(9(2)8-17-3)11-7-10(14)5-6-12(11)15/h5-7,9,13,16H,4,8H2,1-3H3. The molecule has 0 spiro atoms. The van der Waals surface area contributed by atoms with Gasteiger partial charge in [-0.15, -0.1) is 0 Å². The van der Waals surface area contributed by atoms with Crippen molar-refractivity contribution < 1.29 is 8.78 Å². The van der Waals surface area contributed by atoms with Gasteiger partial charge in [0.2, 0.25) is 0 Å². The number of halogens is 2. The smallest absolute Gasteiger partial charge is 0.128 e. The van der Waals surface area contributed by atoms with E-state index < -0.39 is 0 Å². The zero-order valence-corrected chi connectivity index (χ0v) is 11.3. The molecule has 4 heteroatoms. The average Bonchev–Trinajstić information content (AvgIpc) is 2.30. The quantitative estimate of drug-likeness (QED) is 0.837. The molecule has 1 N–H and O–H groups in total. The van der Waals surface area contributed by atoms with Gasteiger partial charge in [0.1, 0.15) is 11.6 Å². The Balaban J connectivity index is 2.99. The molecule has 0 aromatic heterocycles. The second-order valence-electron chi connectivity index (χ2n) is 4.13. The third-order valence-electron chi connectivity index (χ3n) is 2.72. The SMILES string of the molecule is CCNC(c1cc(F)ccc1F)C(C)CSC. The number of hydrogen-bond acceptors (Lipinski definition) is 2. The molecule has 1 aromatic rings. The first-order valence-electron chi connectivity index (χ1n) is 5.77. The van der Waals surface area contributed by atoms with Crippen LogP contribution in [-0.4, -0.2) is 18.6 Å². The Hall–Kier alpha value is -0.610. The molecule has 1 aromatic carbocycles. The summed E-state index contributed by atoms with van der Waals surface area (Å²) in [6, 6.07) is 3.50. The van der Waals surface area contributed by atoms with Crippen molar-refractivity contribution in [3.63, 3.8) is 0 Å². The van der Waals surface area contributed by atoms with Crippen LogP contribution in [0.3, 0.4) is 0 Å². The molecule has 1 rings (SSSR count). The van der Waals surface area contributed by atoms with Crippen LogP contribution >= 0.6 is 11.8 Å². The molecule has 0 amide bonds. The van der Waals surface area contributed by atoms with E-state index >= 15 is 0 Å². The molecule has 0 aliphatic heterocycles. The van der Waals surface area contributed by atoms with E-state index in [1.807, 2.05) is 20.1 Å². The maximum absolute atomic E-state index is 13.7. The molecule has 0 fully saturated rings. The van der Waals surface area contributed by atoms with Crippen LogP contribution in [0, 0.1) is 17.6 Å². The zero-order valence-electron chi connectivity index (χ0n) is 10.5. The van der Waals surface area contributed by atoms with Gasteiger partial charge in [-0.3, -0.25) is 0 Å². The summed E-state index contributed by atoms with van der Waals surface area (Å²) < 4.78 is 26.9. The van der Waals surface area contributed by atoms with Crippen molar-refractivity contribution in [2.24, 2.45) is 5.92 Å². The molecule has 17 heavy (non-hydrogen) atoms. The third kappa shape index (κ3) is 3.96. The van der Waals surface area contributed by atoms with Crippen molar-refractivity contribution in [1.29, 1.82) is 0 Å². The highest BCUT2D eigenvalue weighted by Gasteiger charge is 2.21. The second-order valence-corrected chi connectivity index (χ2v) is 5.04. The lowest BCUT2D eigenvalue weighted by atomic mass is 9.95. The fraction of sp³-hybridized carbons (Fsp3) is 0.538. The topological polar surface area (TPSA) is 12.0 Å². The summed E-state index contributed by atoms with van der Waals surface area (Å²) in [5, 5.41) is 3.23. The van der Waals surface area contributed by atoms with E-state index in [2.05, 4.69) is 5.32 Å². The van der Waals surface area contributed by atoms with Gasteiger partial charge in [-0.2, -0.15) is 11.8 Å². The first kappa shape index (κ1) is 14.5. The molecule has 0 heterocycles. The van der Waals surface area contributed by atoms with Gasteiger partial charge in [-0.25, -0.2) is 8.78 Å². The van der Waals surface area contributed by atoms with Gasteiger partial charge in [0.15, 0.2) is 0 Å². The maximum Gasteiger partial charge on any atom is 0.128 e. The minimum atomic E-state index is -0.388. The molecular formula is C13H19F2NS. The zero-order chi connectivity index (χ0) is 12.8. The van der Waals surface area contributed by atoms with E-state index in [-0.39, 0.29) is 23.6 Å². The Bertz CT molecular complexity index is 357. The Labute approximate surface area is 106 Å². The number of hydrogen-bond donors (Lipinski definition) is 1. The molecule has 0 saturated carbocycles. The highest BCUT2D eigenvalue weighted by Crippen LogP contribution is 2.27. The first-order valence-corrected chi connectivity index (χ1v) is 7.16. The van der Waals surface area contributed by atoms with E-state index in [0.29, 0.717) is 5.56 Å². The van der Waals surface area contributed by atoms with E-state index in [0.717, 1.165) is 18.4 Å². The van der Waals surface area contributed by atoms with E-state index in [9.17, 15) is 8.78 Å². The van der Waals surface area contributed by atoms with Gasteiger partial charge in [-0.1, -0.05) is 13.8 Å². The molecular weight excluding hydrogens is 240 g/mol. The highest BCUT2D eigenvalue weighted by atomic mass is 32.2. The summed E-state index contributed by atoms with van der Waals surface area (Å²) in [5.41, 5.74) is 0.424. The van der Waals surface area contributed by atoms with Gasteiger partial charge >= 0.3 is 0 Å². The highest BCUT2D eigenvalue weighted by molar-refractivity contribution is 7.98. The Morgan fingerprint density at radius 3 is 2.65 bits per heavy atom. The lowest BCUT2D eigenvalue weighted by Crippen LogP contribution is -2.29. The fourth-order valence-corrected chi connectivity index (χ4v) is 2.67. The molecule has 96 valence electrons. The lowest BCUT2D eigenvalue weighted by molar-refractivity contribution is 0.408. The summed E-state index contributed by atoms with van der Waals surface area (Å²) in [5.74, 6) is 0.431. The lowest BCUT2D eigenvalue weighted by Gasteiger charge is -2.25. The number of nitrogens with one attached hydrogen (secondary N) is 1. The summed E-state index contributed by atoms with van der Waals surface area (Å²) >= 11 is 1.71. The van der Waals surface area contributed by atoms with Crippen LogP contribution in [0.4, 0.5) is 8.78 Å². The molecule has 0 aliphatic carbocycles. The van der Waals surface area contributed by atoms with Gasteiger partial charge in [0.25, 0.3) is 0 Å². The van der Waals surface area contributed by atoms with Crippen molar-refractivity contribution in [1.82, 2.24) is 5.32 Å². The molecule has 0 bridgehead atoms. The maximum atomic E-state index is 13.7. The molecule has 1 nitrogen and oxygen atoms in total. The van der Waals surface area contributed by atoms with Gasteiger partial charge in [0.05, 0.1) is 0 Å².